The van der Waals surface area contributed by atoms with Gasteiger partial charge in [-0.1, -0.05) is 19.1 Å². The van der Waals surface area contributed by atoms with E-state index in [4.69, 9.17) is 0 Å². The minimum Gasteiger partial charge on any atom is -0.435 e. The van der Waals surface area contributed by atoms with Crippen LogP contribution in [0.25, 0.3) is 0 Å². The lowest BCUT2D eigenvalue weighted by Crippen LogP contribution is -2.36. The molecule has 0 aromatic heterocycles. The maximum Gasteiger partial charge on any atom is 0.387 e. The summed E-state index contributed by atoms with van der Waals surface area (Å²) in [5.74, 6) is 0.216. The van der Waals surface area contributed by atoms with E-state index in [1.54, 1.807) is 12.1 Å². The van der Waals surface area contributed by atoms with E-state index in [1.807, 2.05) is 12.1 Å². The molecule has 3 nitrogen and oxygen atoms in total. The number of benzene rings is 1. The topological polar surface area (TPSA) is 24.5 Å². The first-order valence-corrected chi connectivity index (χ1v) is 7.17. The van der Waals surface area contributed by atoms with Crippen LogP contribution >= 0.6 is 12.4 Å². The second-order valence-corrected chi connectivity index (χ2v) is 5.14. The SMILES string of the molecule is CCCN(Cc1ccc(OC(F)F)cc1)C1CCNC1.Cl. The zero-order chi connectivity index (χ0) is 14.4. The molecule has 1 aromatic carbocycles. The number of nitrogens with one attached hydrogen (secondary N) is 1. The van der Waals surface area contributed by atoms with Crippen molar-refractivity contribution in [1.82, 2.24) is 10.2 Å². The van der Waals surface area contributed by atoms with Crippen LogP contribution in [0, 0.1) is 0 Å². The van der Waals surface area contributed by atoms with Crippen molar-refractivity contribution in [2.45, 2.75) is 39.0 Å². The molecule has 0 amide bonds. The molecule has 1 fully saturated rings. The van der Waals surface area contributed by atoms with E-state index < -0.39 is 6.61 Å². The van der Waals surface area contributed by atoms with E-state index in [2.05, 4.69) is 21.9 Å². The van der Waals surface area contributed by atoms with Gasteiger partial charge in [-0.05, 0) is 43.6 Å². The van der Waals surface area contributed by atoms with Crippen LogP contribution in [0.15, 0.2) is 24.3 Å². The van der Waals surface area contributed by atoms with Gasteiger partial charge in [0, 0.05) is 19.1 Å². The zero-order valence-electron chi connectivity index (χ0n) is 12.2. The second kappa shape index (κ2) is 9.18. The molecule has 1 aliphatic rings. The van der Waals surface area contributed by atoms with Crippen molar-refractivity contribution < 1.29 is 13.5 Å². The number of hydrogen-bond donors (Lipinski definition) is 1. The molecule has 1 heterocycles. The molecule has 0 spiro atoms. The molecule has 0 saturated carbocycles. The Hall–Kier alpha value is -0.910. The van der Waals surface area contributed by atoms with Gasteiger partial charge in [-0.25, -0.2) is 0 Å². The Balaban J connectivity index is 0.00000220. The fourth-order valence-electron chi connectivity index (χ4n) is 2.64. The van der Waals surface area contributed by atoms with Gasteiger partial charge in [0.2, 0.25) is 0 Å². The third-order valence-electron chi connectivity index (χ3n) is 3.60. The average molecular weight is 321 g/mol. The molecule has 0 aliphatic carbocycles. The summed E-state index contributed by atoms with van der Waals surface area (Å²) in [5, 5.41) is 3.38. The van der Waals surface area contributed by atoms with E-state index in [0.717, 1.165) is 38.2 Å². The van der Waals surface area contributed by atoms with Crippen LogP contribution in [-0.2, 0) is 6.54 Å². The molecule has 1 aromatic rings. The van der Waals surface area contributed by atoms with Gasteiger partial charge in [0.1, 0.15) is 5.75 Å². The minimum atomic E-state index is -2.76. The summed E-state index contributed by atoms with van der Waals surface area (Å²) in [6.07, 6.45) is 2.29. The lowest BCUT2D eigenvalue weighted by atomic mass is 10.1. The molecular weight excluding hydrogens is 298 g/mol. The van der Waals surface area contributed by atoms with E-state index in [1.165, 1.54) is 6.42 Å². The largest absolute Gasteiger partial charge is 0.435 e. The molecule has 0 radical (unpaired) electrons. The smallest absolute Gasteiger partial charge is 0.387 e. The first-order valence-electron chi connectivity index (χ1n) is 7.17. The normalized spacial score (nSPS) is 18.0. The third kappa shape index (κ3) is 5.77. The summed E-state index contributed by atoms with van der Waals surface area (Å²) in [5.41, 5.74) is 1.13. The van der Waals surface area contributed by atoms with Crippen molar-refractivity contribution in [2.75, 3.05) is 19.6 Å². The predicted molar refractivity (Wildman–Crippen MR) is 82.3 cm³/mol. The highest BCUT2D eigenvalue weighted by atomic mass is 35.5. The van der Waals surface area contributed by atoms with Gasteiger partial charge < -0.3 is 10.1 Å². The van der Waals surface area contributed by atoms with Crippen LogP contribution in [-0.4, -0.2) is 37.2 Å². The van der Waals surface area contributed by atoms with Gasteiger partial charge in [-0.2, -0.15) is 8.78 Å². The number of nitrogens with zero attached hydrogens (tertiary/aromatic N) is 1. The predicted octanol–water partition coefficient (Wildman–Crippen LogP) is 3.28. The number of halogens is 3. The van der Waals surface area contributed by atoms with Crippen molar-refractivity contribution in [1.29, 1.82) is 0 Å². The minimum absolute atomic E-state index is 0. The molecule has 21 heavy (non-hydrogen) atoms. The summed E-state index contributed by atoms with van der Waals surface area (Å²) >= 11 is 0. The zero-order valence-corrected chi connectivity index (χ0v) is 13.0. The Morgan fingerprint density at radius 3 is 2.57 bits per heavy atom. The number of alkyl halides is 2. The lowest BCUT2D eigenvalue weighted by molar-refractivity contribution is -0.0498. The highest BCUT2D eigenvalue weighted by molar-refractivity contribution is 5.85. The van der Waals surface area contributed by atoms with Gasteiger partial charge in [-0.3, -0.25) is 4.90 Å². The Morgan fingerprint density at radius 1 is 1.33 bits per heavy atom. The van der Waals surface area contributed by atoms with Crippen LogP contribution in [0.3, 0.4) is 0 Å². The average Bonchev–Trinajstić information content (AvgIpc) is 2.94. The first-order chi connectivity index (χ1) is 9.69. The molecule has 1 saturated heterocycles. The van der Waals surface area contributed by atoms with Crippen LogP contribution in [0.5, 0.6) is 5.75 Å². The van der Waals surface area contributed by atoms with E-state index in [9.17, 15) is 8.78 Å². The van der Waals surface area contributed by atoms with Gasteiger partial charge >= 0.3 is 6.61 Å². The van der Waals surface area contributed by atoms with Crippen LogP contribution in [0.1, 0.15) is 25.3 Å². The van der Waals surface area contributed by atoms with Gasteiger partial charge in [0.05, 0.1) is 0 Å². The van der Waals surface area contributed by atoms with Crippen molar-refractivity contribution in [2.24, 2.45) is 0 Å². The maximum absolute atomic E-state index is 12.1. The maximum atomic E-state index is 12.1. The van der Waals surface area contributed by atoms with Gasteiger partial charge in [0.15, 0.2) is 0 Å². The molecule has 1 unspecified atom stereocenters. The molecule has 120 valence electrons. The van der Waals surface area contributed by atoms with E-state index in [-0.39, 0.29) is 18.2 Å². The van der Waals surface area contributed by atoms with Gasteiger partial charge in [-0.15, -0.1) is 12.4 Å². The number of rotatable bonds is 7. The van der Waals surface area contributed by atoms with Crippen LogP contribution < -0.4 is 10.1 Å². The first kappa shape index (κ1) is 18.1. The fourth-order valence-corrected chi connectivity index (χ4v) is 2.64. The monoisotopic (exact) mass is 320 g/mol. The van der Waals surface area contributed by atoms with E-state index >= 15 is 0 Å². The molecule has 2 rings (SSSR count). The summed E-state index contributed by atoms with van der Waals surface area (Å²) < 4.78 is 28.6. The molecule has 0 bridgehead atoms. The summed E-state index contributed by atoms with van der Waals surface area (Å²) in [6, 6.07) is 7.52. The number of ether oxygens (including phenoxy) is 1. The Bertz CT molecular complexity index is 397. The summed E-state index contributed by atoms with van der Waals surface area (Å²) in [7, 11) is 0. The van der Waals surface area contributed by atoms with Gasteiger partial charge in [0.25, 0.3) is 0 Å². The quantitative estimate of drug-likeness (QED) is 0.834. The number of hydrogen-bond acceptors (Lipinski definition) is 3. The molecule has 6 heteroatoms. The third-order valence-corrected chi connectivity index (χ3v) is 3.60. The van der Waals surface area contributed by atoms with Crippen molar-refractivity contribution in [3.05, 3.63) is 29.8 Å². The van der Waals surface area contributed by atoms with Crippen molar-refractivity contribution in [3.8, 4) is 5.75 Å². The second-order valence-electron chi connectivity index (χ2n) is 5.14. The van der Waals surface area contributed by atoms with Crippen LogP contribution in [0.2, 0.25) is 0 Å². The summed E-state index contributed by atoms with van der Waals surface area (Å²) in [4.78, 5) is 2.46. The molecule has 1 aliphatic heterocycles. The van der Waals surface area contributed by atoms with E-state index in [0.29, 0.717) is 6.04 Å². The standard InChI is InChI=1S/C15H22F2N2O.ClH/c1-2-9-19(13-7-8-18-10-13)11-12-3-5-14(6-4-12)20-15(16)17;/h3-6,13,15,18H,2,7-11H2,1H3;1H. The fraction of sp³-hybridized carbons (Fsp3) is 0.600. The Labute approximate surface area is 131 Å². The summed E-state index contributed by atoms with van der Waals surface area (Å²) in [6.45, 7) is 3.44. The van der Waals surface area contributed by atoms with Crippen LogP contribution in [0.4, 0.5) is 8.78 Å². The van der Waals surface area contributed by atoms with Crippen molar-refractivity contribution in [3.63, 3.8) is 0 Å². The highest BCUT2D eigenvalue weighted by Crippen LogP contribution is 2.18. The molecule has 1 N–H and O–H groups in total. The van der Waals surface area contributed by atoms with Crippen molar-refractivity contribution >= 4 is 12.4 Å². The Kier molecular flexibility index (Phi) is 7.93. The molecule has 1 atom stereocenters. The molecular formula is C15H23ClF2N2O. The lowest BCUT2D eigenvalue weighted by Gasteiger charge is -2.28. The highest BCUT2D eigenvalue weighted by Gasteiger charge is 2.21. The Morgan fingerprint density at radius 2 is 2.05 bits per heavy atom.